The summed E-state index contributed by atoms with van der Waals surface area (Å²) in [4.78, 5) is 21.9. The van der Waals surface area contributed by atoms with Gasteiger partial charge in [-0.05, 0) is 61.4 Å². The summed E-state index contributed by atoms with van der Waals surface area (Å²) in [5, 5.41) is 18.0. The van der Waals surface area contributed by atoms with E-state index in [-0.39, 0.29) is 24.3 Å². The number of ether oxygens (including phenoxy) is 2. The molecule has 0 bridgehead atoms. The number of carbonyl (C=O) groups is 2. The zero-order valence-corrected chi connectivity index (χ0v) is 13.4. The van der Waals surface area contributed by atoms with E-state index in [1.165, 1.54) is 12.1 Å². The van der Waals surface area contributed by atoms with Crippen molar-refractivity contribution in [3.05, 3.63) is 58.7 Å². The van der Waals surface area contributed by atoms with Crippen LogP contribution in [0.15, 0.2) is 36.4 Å². The molecule has 0 amide bonds. The van der Waals surface area contributed by atoms with Crippen molar-refractivity contribution in [2.45, 2.75) is 13.8 Å². The molecule has 0 unspecified atom stereocenters. The van der Waals surface area contributed by atoms with E-state index in [1.807, 2.05) is 0 Å². The molecular formula is C18H18O6. The lowest BCUT2D eigenvalue weighted by molar-refractivity contribution is 0.0685. The van der Waals surface area contributed by atoms with Gasteiger partial charge in [0.2, 0.25) is 0 Å². The van der Waals surface area contributed by atoms with Crippen molar-refractivity contribution in [3.63, 3.8) is 0 Å². The maximum Gasteiger partial charge on any atom is 0.335 e. The van der Waals surface area contributed by atoms with Crippen LogP contribution in [0.4, 0.5) is 0 Å². The number of carboxylic acids is 2. The summed E-state index contributed by atoms with van der Waals surface area (Å²) in [6.07, 6.45) is 0. The highest BCUT2D eigenvalue weighted by Crippen LogP contribution is 2.19. The average molecular weight is 330 g/mol. The number of carboxylic acid groups (broad SMARTS) is 2. The van der Waals surface area contributed by atoms with Crippen LogP contribution in [-0.4, -0.2) is 35.4 Å². The Bertz CT molecular complexity index is 701. The third-order valence-electron chi connectivity index (χ3n) is 3.48. The van der Waals surface area contributed by atoms with E-state index in [9.17, 15) is 9.59 Å². The third-order valence-corrected chi connectivity index (χ3v) is 3.48. The van der Waals surface area contributed by atoms with E-state index in [2.05, 4.69) is 0 Å². The second kappa shape index (κ2) is 7.50. The molecule has 0 aliphatic carbocycles. The zero-order chi connectivity index (χ0) is 17.7. The molecule has 0 saturated carbocycles. The number of hydrogen-bond donors (Lipinski definition) is 2. The Kier molecular flexibility index (Phi) is 5.42. The Morgan fingerprint density at radius 3 is 1.46 bits per heavy atom. The van der Waals surface area contributed by atoms with E-state index >= 15 is 0 Å². The quantitative estimate of drug-likeness (QED) is 0.758. The molecule has 6 heteroatoms. The Hall–Kier alpha value is -3.02. The van der Waals surface area contributed by atoms with Crippen LogP contribution >= 0.6 is 0 Å². The molecule has 0 spiro atoms. The molecule has 0 aliphatic rings. The Morgan fingerprint density at radius 2 is 1.17 bits per heavy atom. The summed E-state index contributed by atoms with van der Waals surface area (Å²) >= 11 is 0. The summed E-state index contributed by atoms with van der Waals surface area (Å²) in [5.74, 6) is -0.804. The highest BCUT2D eigenvalue weighted by molar-refractivity contribution is 5.90. The molecule has 2 aromatic rings. The fourth-order valence-electron chi connectivity index (χ4n) is 2.25. The minimum atomic E-state index is -0.970. The lowest BCUT2D eigenvalue weighted by Crippen LogP contribution is -2.10. The van der Waals surface area contributed by atoms with Gasteiger partial charge in [0, 0.05) is 0 Å². The normalized spacial score (nSPS) is 10.2. The van der Waals surface area contributed by atoms with Crippen molar-refractivity contribution in [1.29, 1.82) is 0 Å². The van der Waals surface area contributed by atoms with Crippen molar-refractivity contribution in [2.24, 2.45) is 0 Å². The van der Waals surface area contributed by atoms with Crippen LogP contribution in [0.1, 0.15) is 31.8 Å². The predicted octanol–water partition coefficient (Wildman–Crippen LogP) is 3.16. The molecule has 24 heavy (non-hydrogen) atoms. The minimum Gasteiger partial charge on any atom is -0.490 e. The van der Waals surface area contributed by atoms with Crippen LogP contribution in [0, 0.1) is 13.8 Å². The zero-order valence-electron chi connectivity index (χ0n) is 13.4. The van der Waals surface area contributed by atoms with Crippen LogP contribution in [0.5, 0.6) is 11.5 Å². The topological polar surface area (TPSA) is 93.1 Å². The van der Waals surface area contributed by atoms with Gasteiger partial charge in [0.25, 0.3) is 0 Å². The second-order valence-electron chi connectivity index (χ2n) is 5.26. The van der Waals surface area contributed by atoms with Crippen LogP contribution in [0.2, 0.25) is 0 Å². The molecule has 0 aliphatic heterocycles. The number of rotatable bonds is 7. The molecule has 2 N–H and O–H groups in total. The molecule has 0 saturated heterocycles. The smallest absolute Gasteiger partial charge is 0.335 e. The maximum atomic E-state index is 10.9. The van der Waals surface area contributed by atoms with Gasteiger partial charge in [-0.1, -0.05) is 0 Å². The monoisotopic (exact) mass is 330 g/mol. The number of aromatic carboxylic acids is 2. The summed E-state index contributed by atoms with van der Waals surface area (Å²) in [5.41, 5.74) is 1.74. The predicted molar refractivity (Wildman–Crippen MR) is 87.3 cm³/mol. The fourth-order valence-corrected chi connectivity index (χ4v) is 2.25. The highest BCUT2D eigenvalue weighted by atomic mass is 16.5. The lowest BCUT2D eigenvalue weighted by Gasteiger charge is -2.11. The Morgan fingerprint density at radius 1 is 0.792 bits per heavy atom. The van der Waals surface area contributed by atoms with E-state index < -0.39 is 11.9 Å². The van der Waals surface area contributed by atoms with Gasteiger partial charge in [-0.3, -0.25) is 0 Å². The first-order valence-corrected chi connectivity index (χ1v) is 7.32. The first kappa shape index (κ1) is 17.3. The minimum absolute atomic E-state index is 0.243. The number of aryl methyl sites for hydroxylation is 2. The fraction of sp³-hybridized carbons (Fsp3) is 0.222. The van der Waals surface area contributed by atoms with Gasteiger partial charge in [-0.2, -0.15) is 0 Å². The van der Waals surface area contributed by atoms with Crippen molar-refractivity contribution in [1.82, 2.24) is 0 Å². The van der Waals surface area contributed by atoms with Crippen LogP contribution in [0.3, 0.4) is 0 Å². The van der Waals surface area contributed by atoms with E-state index in [1.54, 1.807) is 38.1 Å². The summed E-state index contributed by atoms with van der Waals surface area (Å²) in [6, 6.07) is 9.53. The van der Waals surface area contributed by atoms with E-state index in [4.69, 9.17) is 19.7 Å². The van der Waals surface area contributed by atoms with Gasteiger partial charge in [0.15, 0.2) is 0 Å². The SMILES string of the molecule is Cc1cc(OCCOc2ccc(C(=O)O)c(C)c2)ccc1C(=O)O. The van der Waals surface area contributed by atoms with Gasteiger partial charge in [0.05, 0.1) is 11.1 Å². The lowest BCUT2D eigenvalue weighted by atomic mass is 10.1. The first-order valence-electron chi connectivity index (χ1n) is 7.32. The molecule has 0 heterocycles. The molecular weight excluding hydrogens is 312 g/mol. The van der Waals surface area contributed by atoms with Crippen LogP contribution in [-0.2, 0) is 0 Å². The third kappa shape index (κ3) is 4.25. The second-order valence-corrected chi connectivity index (χ2v) is 5.26. The van der Waals surface area contributed by atoms with Crippen molar-refractivity contribution < 1.29 is 29.3 Å². The van der Waals surface area contributed by atoms with Crippen molar-refractivity contribution in [2.75, 3.05) is 13.2 Å². The molecule has 0 atom stereocenters. The molecule has 6 nitrogen and oxygen atoms in total. The molecule has 126 valence electrons. The summed E-state index contributed by atoms with van der Waals surface area (Å²) < 4.78 is 11.0. The first-order chi connectivity index (χ1) is 11.4. The van der Waals surface area contributed by atoms with Gasteiger partial charge in [0.1, 0.15) is 24.7 Å². The Balaban J connectivity index is 1.87. The van der Waals surface area contributed by atoms with Crippen molar-refractivity contribution in [3.8, 4) is 11.5 Å². The van der Waals surface area contributed by atoms with E-state index in [0.717, 1.165) is 0 Å². The molecule has 2 aromatic carbocycles. The van der Waals surface area contributed by atoms with Crippen molar-refractivity contribution >= 4 is 11.9 Å². The van der Waals surface area contributed by atoms with Crippen LogP contribution in [0.25, 0.3) is 0 Å². The molecule has 0 fully saturated rings. The number of hydrogen-bond acceptors (Lipinski definition) is 4. The average Bonchev–Trinajstić information content (AvgIpc) is 2.51. The van der Waals surface area contributed by atoms with Crippen LogP contribution < -0.4 is 9.47 Å². The number of benzene rings is 2. The van der Waals surface area contributed by atoms with Gasteiger partial charge >= 0.3 is 11.9 Å². The largest absolute Gasteiger partial charge is 0.490 e. The molecule has 0 aromatic heterocycles. The summed E-state index contributed by atoms with van der Waals surface area (Å²) in [7, 11) is 0. The van der Waals surface area contributed by atoms with Gasteiger partial charge in [-0.15, -0.1) is 0 Å². The molecule has 2 rings (SSSR count). The Labute approximate surface area is 139 Å². The molecule has 0 radical (unpaired) electrons. The maximum absolute atomic E-state index is 10.9. The van der Waals surface area contributed by atoms with E-state index in [0.29, 0.717) is 22.6 Å². The van der Waals surface area contributed by atoms with Gasteiger partial charge < -0.3 is 19.7 Å². The highest BCUT2D eigenvalue weighted by Gasteiger charge is 2.09. The van der Waals surface area contributed by atoms with Gasteiger partial charge in [-0.25, -0.2) is 9.59 Å². The standard InChI is InChI=1S/C18H18O6/c1-11-9-13(3-5-15(11)17(19)20)23-7-8-24-14-4-6-16(18(21)22)12(2)10-14/h3-6,9-10H,7-8H2,1-2H3,(H,19,20)(H,21,22). The summed E-state index contributed by atoms with van der Waals surface area (Å²) in [6.45, 7) is 3.98.